The van der Waals surface area contributed by atoms with Crippen molar-refractivity contribution in [2.24, 2.45) is 0 Å². The van der Waals surface area contributed by atoms with Crippen LogP contribution < -0.4 is 0 Å². The van der Waals surface area contributed by atoms with Gasteiger partial charge in [0.2, 0.25) is 0 Å². The molecule has 0 aromatic rings. The monoisotopic (exact) mass is 488 g/mol. The van der Waals surface area contributed by atoms with E-state index in [4.69, 9.17) is 28.4 Å². The summed E-state index contributed by atoms with van der Waals surface area (Å²) in [6.45, 7) is 6.32. The van der Waals surface area contributed by atoms with Crippen LogP contribution in [0, 0.1) is 0 Å². The number of hydrogen-bond acceptors (Lipinski definition) is 11. The Morgan fingerprint density at radius 3 is 1.85 bits per heavy atom. The van der Waals surface area contributed by atoms with Crippen LogP contribution in [0.3, 0.4) is 0 Å². The number of esters is 4. The Kier molecular flexibility index (Phi) is 13.4. The maximum absolute atomic E-state index is 12.1. The van der Waals surface area contributed by atoms with Crippen LogP contribution >= 0.6 is 0 Å². The van der Waals surface area contributed by atoms with E-state index in [0.29, 0.717) is 6.42 Å². The Morgan fingerprint density at radius 2 is 1.29 bits per heavy atom. The van der Waals surface area contributed by atoms with Crippen LogP contribution in [0.25, 0.3) is 0 Å². The summed E-state index contributed by atoms with van der Waals surface area (Å²) >= 11 is 0. The molecule has 5 atom stereocenters. The maximum Gasteiger partial charge on any atom is 0.303 e. The largest absolute Gasteiger partial charge is 0.463 e. The van der Waals surface area contributed by atoms with Gasteiger partial charge in [0.15, 0.2) is 24.6 Å². The second-order valence-corrected chi connectivity index (χ2v) is 8.04. The van der Waals surface area contributed by atoms with E-state index in [2.05, 4.69) is 6.92 Å². The smallest absolute Gasteiger partial charge is 0.303 e. The fraction of sp³-hybridized carbons (Fsp3) is 0.783. The van der Waals surface area contributed by atoms with Crippen LogP contribution in [0.5, 0.6) is 0 Å². The van der Waals surface area contributed by atoms with Crippen molar-refractivity contribution in [1.29, 1.82) is 0 Å². The number of Topliss-reactive ketones (excluding diaryl/α,β-unsaturated/α-hetero) is 1. The summed E-state index contributed by atoms with van der Waals surface area (Å²) in [7, 11) is 0. The van der Waals surface area contributed by atoms with Gasteiger partial charge >= 0.3 is 23.9 Å². The number of unbranched alkanes of at least 4 members (excludes halogenated alkanes) is 3. The van der Waals surface area contributed by atoms with Gasteiger partial charge in [-0.05, 0) is 6.42 Å². The van der Waals surface area contributed by atoms with E-state index in [1.165, 1.54) is 6.92 Å². The van der Waals surface area contributed by atoms with Gasteiger partial charge in [0.25, 0.3) is 0 Å². The Balaban J connectivity index is 3.02. The molecular formula is C23H36O11. The first-order valence-electron chi connectivity index (χ1n) is 11.5. The third kappa shape index (κ3) is 11.1. The molecule has 1 saturated heterocycles. The van der Waals surface area contributed by atoms with Crippen molar-refractivity contribution in [1.82, 2.24) is 0 Å². The topological polar surface area (TPSA) is 141 Å². The quantitative estimate of drug-likeness (QED) is 0.201. The van der Waals surface area contributed by atoms with E-state index in [0.717, 1.165) is 46.5 Å². The lowest BCUT2D eigenvalue weighted by Crippen LogP contribution is -2.63. The number of ether oxygens (including phenoxy) is 6. The van der Waals surface area contributed by atoms with Gasteiger partial charge < -0.3 is 28.4 Å². The predicted octanol–water partition coefficient (Wildman–Crippen LogP) is 2.02. The Hall–Kier alpha value is -2.53. The second-order valence-electron chi connectivity index (χ2n) is 8.04. The third-order valence-electron chi connectivity index (χ3n) is 4.92. The van der Waals surface area contributed by atoms with Gasteiger partial charge in [-0.25, -0.2) is 0 Å². The molecule has 1 rings (SSSR count). The highest BCUT2D eigenvalue weighted by molar-refractivity contribution is 5.78. The minimum atomic E-state index is -1.30. The van der Waals surface area contributed by atoms with Crippen LogP contribution in [-0.2, 0) is 52.4 Å². The molecule has 0 N–H and O–H groups in total. The SMILES string of the molecule is CCCCCCC(=O)CCO[C@@H]1O[C@H](COC(C)=O)[C@@H](OC(C)=O)[C@H](OC(C)=O)[C@H]1OC(C)=O. The summed E-state index contributed by atoms with van der Waals surface area (Å²) in [5, 5.41) is 0. The van der Waals surface area contributed by atoms with Gasteiger partial charge in [0, 0.05) is 40.5 Å². The number of ketones is 1. The van der Waals surface area contributed by atoms with Crippen LogP contribution in [0.15, 0.2) is 0 Å². The van der Waals surface area contributed by atoms with Gasteiger partial charge in [-0.3, -0.25) is 24.0 Å². The van der Waals surface area contributed by atoms with Crippen molar-refractivity contribution in [2.75, 3.05) is 13.2 Å². The number of rotatable bonds is 14. The van der Waals surface area contributed by atoms with E-state index in [1.54, 1.807) is 0 Å². The van der Waals surface area contributed by atoms with Crippen molar-refractivity contribution < 1.29 is 52.4 Å². The molecular weight excluding hydrogens is 452 g/mol. The van der Waals surface area contributed by atoms with Crippen LogP contribution in [0.4, 0.5) is 0 Å². The van der Waals surface area contributed by atoms with Crippen molar-refractivity contribution in [2.45, 2.75) is 104 Å². The van der Waals surface area contributed by atoms with Crippen molar-refractivity contribution in [3.05, 3.63) is 0 Å². The van der Waals surface area contributed by atoms with Gasteiger partial charge in [-0.15, -0.1) is 0 Å². The van der Waals surface area contributed by atoms with E-state index in [1.807, 2.05) is 0 Å². The predicted molar refractivity (Wildman–Crippen MR) is 116 cm³/mol. The summed E-state index contributed by atoms with van der Waals surface area (Å²) in [4.78, 5) is 58.7. The molecule has 1 fully saturated rings. The molecule has 0 aliphatic carbocycles. The van der Waals surface area contributed by atoms with Crippen LogP contribution in [0.2, 0.25) is 0 Å². The second kappa shape index (κ2) is 15.4. The van der Waals surface area contributed by atoms with E-state index < -0.39 is 54.6 Å². The lowest BCUT2D eigenvalue weighted by molar-refractivity contribution is -0.307. The highest BCUT2D eigenvalue weighted by Gasteiger charge is 2.52. The molecule has 0 aromatic heterocycles. The van der Waals surface area contributed by atoms with E-state index >= 15 is 0 Å². The summed E-state index contributed by atoms with van der Waals surface area (Å²) < 4.78 is 32.4. The van der Waals surface area contributed by atoms with Gasteiger partial charge in [-0.1, -0.05) is 26.2 Å². The zero-order valence-electron chi connectivity index (χ0n) is 20.5. The summed E-state index contributed by atoms with van der Waals surface area (Å²) in [6, 6.07) is 0. The molecule has 0 aromatic carbocycles. The molecule has 0 unspecified atom stereocenters. The Morgan fingerprint density at radius 1 is 0.706 bits per heavy atom. The van der Waals surface area contributed by atoms with Gasteiger partial charge in [0.1, 0.15) is 18.5 Å². The fourth-order valence-electron chi connectivity index (χ4n) is 3.49. The fourth-order valence-corrected chi connectivity index (χ4v) is 3.49. The molecule has 0 saturated carbocycles. The van der Waals surface area contributed by atoms with Crippen molar-refractivity contribution >= 4 is 29.7 Å². The minimum Gasteiger partial charge on any atom is -0.463 e. The average molecular weight is 489 g/mol. The molecule has 11 nitrogen and oxygen atoms in total. The Bertz CT molecular complexity index is 705. The highest BCUT2D eigenvalue weighted by Crippen LogP contribution is 2.30. The molecule has 0 radical (unpaired) electrons. The zero-order valence-corrected chi connectivity index (χ0v) is 20.5. The summed E-state index contributed by atoms with van der Waals surface area (Å²) in [5.74, 6) is -2.75. The number of carbonyl (C=O) groups is 5. The first kappa shape index (κ1) is 29.5. The van der Waals surface area contributed by atoms with Gasteiger partial charge in [0.05, 0.1) is 6.61 Å². The van der Waals surface area contributed by atoms with E-state index in [9.17, 15) is 24.0 Å². The number of carbonyl (C=O) groups excluding carboxylic acids is 5. The summed E-state index contributed by atoms with van der Waals surface area (Å²) in [6.07, 6.45) is -1.74. The highest BCUT2D eigenvalue weighted by atomic mass is 16.7. The molecule has 1 aliphatic rings. The normalized spacial score (nSPS) is 24.1. The average Bonchev–Trinajstić information content (AvgIpc) is 2.72. The molecule has 34 heavy (non-hydrogen) atoms. The maximum atomic E-state index is 12.1. The third-order valence-corrected chi connectivity index (χ3v) is 4.92. The lowest BCUT2D eigenvalue weighted by Gasteiger charge is -2.44. The van der Waals surface area contributed by atoms with E-state index in [-0.39, 0.29) is 25.4 Å². The van der Waals surface area contributed by atoms with Crippen molar-refractivity contribution in [3.63, 3.8) is 0 Å². The Labute approximate surface area is 199 Å². The lowest BCUT2D eigenvalue weighted by atomic mass is 9.98. The first-order valence-corrected chi connectivity index (χ1v) is 11.5. The van der Waals surface area contributed by atoms with Crippen molar-refractivity contribution in [3.8, 4) is 0 Å². The summed E-state index contributed by atoms with van der Waals surface area (Å²) in [5.41, 5.74) is 0. The molecule has 0 spiro atoms. The molecule has 1 aliphatic heterocycles. The molecule has 11 heteroatoms. The van der Waals surface area contributed by atoms with Crippen LogP contribution in [-0.4, -0.2) is 73.6 Å². The molecule has 0 amide bonds. The standard InChI is InChI=1S/C23H36O11/c1-6-7-8-9-10-18(28)11-12-29-23-22(33-17(5)27)21(32-16(4)26)20(31-15(3)25)19(34-23)13-30-14(2)24/h19-23H,6-13H2,1-5H3/t19-,20-,21+,22-,23-/m1/s1. The van der Waals surface area contributed by atoms with Gasteiger partial charge in [-0.2, -0.15) is 0 Å². The van der Waals surface area contributed by atoms with Crippen LogP contribution in [0.1, 0.15) is 73.1 Å². The minimum absolute atomic E-state index is 0.0155. The molecule has 0 bridgehead atoms. The molecule has 194 valence electrons. The molecule has 1 heterocycles. The first-order chi connectivity index (χ1) is 16.0. The number of hydrogen-bond donors (Lipinski definition) is 0. The zero-order chi connectivity index (χ0) is 25.7.